The zero-order valence-electron chi connectivity index (χ0n) is 16.7. The van der Waals surface area contributed by atoms with E-state index in [-0.39, 0.29) is 6.04 Å². The van der Waals surface area contributed by atoms with E-state index >= 15 is 0 Å². The Morgan fingerprint density at radius 3 is 2.73 bits per heavy atom. The predicted molar refractivity (Wildman–Crippen MR) is 109 cm³/mol. The molecular formula is C23H36N2O. The van der Waals surface area contributed by atoms with E-state index in [0.717, 1.165) is 43.8 Å². The molecule has 144 valence electrons. The second-order valence-electron chi connectivity index (χ2n) is 8.89. The second kappa shape index (κ2) is 9.03. The van der Waals surface area contributed by atoms with Gasteiger partial charge in [0.2, 0.25) is 5.91 Å². The van der Waals surface area contributed by atoms with Crippen molar-refractivity contribution in [3.63, 3.8) is 0 Å². The molecule has 0 spiro atoms. The third-order valence-corrected chi connectivity index (χ3v) is 6.10. The van der Waals surface area contributed by atoms with Gasteiger partial charge in [-0.3, -0.25) is 4.79 Å². The highest BCUT2D eigenvalue weighted by atomic mass is 16.2. The van der Waals surface area contributed by atoms with Crippen molar-refractivity contribution in [2.75, 3.05) is 11.4 Å². The number of amides is 1. The Hall–Kier alpha value is -1.35. The molecule has 0 bridgehead atoms. The number of carbonyl (C=O) groups excluding carboxylic acids is 1. The van der Waals surface area contributed by atoms with Crippen LogP contribution in [0.2, 0.25) is 0 Å². The lowest BCUT2D eigenvalue weighted by Crippen LogP contribution is -2.29. The van der Waals surface area contributed by atoms with E-state index < -0.39 is 0 Å². The number of carbonyl (C=O) groups is 1. The third kappa shape index (κ3) is 5.09. The average Bonchev–Trinajstić information content (AvgIpc) is 3.03. The Kier molecular flexibility index (Phi) is 6.74. The minimum absolute atomic E-state index is 0.225. The van der Waals surface area contributed by atoms with Crippen molar-refractivity contribution in [2.45, 2.75) is 84.1 Å². The highest BCUT2D eigenvalue weighted by Crippen LogP contribution is 2.32. The number of nitrogens with two attached hydrogens (primary N) is 1. The lowest BCUT2D eigenvalue weighted by atomic mass is 9.86. The van der Waals surface area contributed by atoms with Crippen LogP contribution in [-0.2, 0) is 17.6 Å². The first-order chi connectivity index (χ1) is 12.5. The normalized spacial score (nSPS) is 19.0. The zero-order chi connectivity index (χ0) is 18.5. The monoisotopic (exact) mass is 356 g/mol. The van der Waals surface area contributed by atoms with Crippen molar-refractivity contribution in [1.82, 2.24) is 0 Å². The Bertz CT molecular complexity index is 604. The summed E-state index contributed by atoms with van der Waals surface area (Å²) in [6.45, 7) is 5.29. The smallest absolute Gasteiger partial charge is 0.227 e. The van der Waals surface area contributed by atoms with E-state index in [1.54, 1.807) is 0 Å². The number of fused-ring (bicyclic) bond motifs is 1. The van der Waals surface area contributed by atoms with Gasteiger partial charge in [-0.25, -0.2) is 0 Å². The minimum Gasteiger partial charge on any atom is -0.327 e. The van der Waals surface area contributed by atoms with Crippen LogP contribution >= 0.6 is 0 Å². The van der Waals surface area contributed by atoms with Crippen LogP contribution in [0.3, 0.4) is 0 Å². The van der Waals surface area contributed by atoms with Gasteiger partial charge in [0.1, 0.15) is 0 Å². The van der Waals surface area contributed by atoms with Gasteiger partial charge >= 0.3 is 0 Å². The Balaban J connectivity index is 1.56. The summed E-state index contributed by atoms with van der Waals surface area (Å²) in [7, 11) is 0. The Labute approximate surface area is 159 Å². The number of anilines is 1. The molecule has 1 unspecified atom stereocenters. The summed E-state index contributed by atoms with van der Waals surface area (Å²) in [6, 6.07) is 6.83. The van der Waals surface area contributed by atoms with Gasteiger partial charge in [0.25, 0.3) is 0 Å². The molecule has 1 aliphatic carbocycles. The molecule has 2 aliphatic rings. The second-order valence-corrected chi connectivity index (χ2v) is 8.89. The molecule has 1 fully saturated rings. The summed E-state index contributed by atoms with van der Waals surface area (Å²) in [6.07, 6.45) is 11.5. The van der Waals surface area contributed by atoms with Gasteiger partial charge < -0.3 is 10.6 Å². The van der Waals surface area contributed by atoms with Gasteiger partial charge in [-0.1, -0.05) is 58.1 Å². The van der Waals surface area contributed by atoms with E-state index in [9.17, 15) is 4.79 Å². The van der Waals surface area contributed by atoms with Crippen LogP contribution in [0, 0.1) is 11.8 Å². The molecular weight excluding hydrogens is 320 g/mol. The number of nitrogens with zero attached hydrogens (tertiary/aromatic N) is 1. The van der Waals surface area contributed by atoms with Crippen molar-refractivity contribution >= 4 is 11.6 Å². The fourth-order valence-electron chi connectivity index (χ4n) is 4.77. The molecule has 0 aromatic heterocycles. The molecule has 26 heavy (non-hydrogen) atoms. The van der Waals surface area contributed by atoms with Gasteiger partial charge in [-0.05, 0) is 54.7 Å². The lowest BCUT2D eigenvalue weighted by Gasteiger charge is -2.23. The molecule has 3 heteroatoms. The van der Waals surface area contributed by atoms with Crippen LogP contribution in [0.4, 0.5) is 5.69 Å². The van der Waals surface area contributed by atoms with Gasteiger partial charge in [0, 0.05) is 24.7 Å². The molecule has 0 radical (unpaired) electrons. The predicted octanol–water partition coefficient (Wildman–Crippen LogP) is 4.85. The molecule has 1 saturated carbocycles. The topological polar surface area (TPSA) is 46.3 Å². The first kappa shape index (κ1) is 19.4. The van der Waals surface area contributed by atoms with Crippen molar-refractivity contribution < 1.29 is 4.79 Å². The van der Waals surface area contributed by atoms with Crippen LogP contribution in [0.15, 0.2) is 18.2 Å². The standard InChI is InChI=1S/C23H36N2O/c1-17(2)14-21(24)16-19-8-10-22-20(15-19)12-13-25(22)23(26)11-9-18-6-4-3-5-7-18/h8,10,15,17-18,21H,3-7,9,11-14,16,24H2,1-2H3. The maximum Gasteiger partial charge on any atom is 0.227 e. The van der Waals surface area contributed by atoms with Crippen molar-refractivity contribution in [3.8, 4) is 0 Å². The molecule has 1 aromatic rings. The van der Waals surface area contributed by atoms with Crippen LogP contribution in [0.25, 0.3) is 0 Å². The summed E-state index contributed by atoms with van der Waals surface area (Å²) in [5, 5.41) is 0. The Morgan fingerprint density at radius 2 is 2.00 bits per heavy atom. The van der Waals surface area contributed by atoms with Gasteiger partial charge in [0.15, 0.2) is 0 Å². The minimum atomic E-state index is 0.225. The van der Waals surface area contributed by atoms with Crippen molar-refractivity contribution in [3.05, 3.63) is 29.3 Å². The molecule has 1 aliphatic heterocycles. The largest absolute Gasteiger partial charge is 0.327 e. The first-order valence-corrected chi connectivity index (χ1v) is 10.7. The van der Waals surface area contributed by atoms with Crippen molar-refractivity contribution in [1.29, 1.82) is 0 Å². The zero-order valence-corrected chi connectivity index (χ0v) is 16.7. The summed E-state index contributed by atoms with van der Waals surface area (Å²) < 4.78 is 0. The number of hydrogen-bond donors (Lipinski definition) is 1. The van der Waals surface area contributed by atoms with E-state index in [4.69, 9.17) is 5.73 Å². The molecule has 1 amide bonds. The first-order valence-electron chi connectivity index (χ1n) is 10.7. The van der Waals surface area contributed by atoms with Crippen LogP contribution in [-0.4, -0.2) is 18.5 Å². The quantitative estimate of drug-likeness (QED) is 0.759. The molecule has 1 heterocycles. The van der Waals surface area contributed by atoms with Crippen LogP contribution in [0.1, 0.15) is 76.3 Å². The fourth-order valence-corrected chi connectivity index (χ4v) is 4.77. The highest BCUT2D eigenvalue weighted by molar-refractivity contribution is 5.95. The molecule has 3 nitrogen and oxygen atoms in total. The van der Waals surface area contributed by atoms with Crippen LogP contribution in [0.5, 0.6) is 0 Å². The Morgan fingerprint density at radius 1 is 1.23 bits per heavy atom. The highest BCUT2D eigenvalue weighted by Gasteiger charge is 2.25. The van der Waals surface area contributed by atoms with E-state index in [2.05, 4.69) is 32.0 Å². The van der Waals surface area contributed by atoms with Crippen molar-refractivity contribution in [2.24, 2.45) is 17.6 Å². The fraction of sp³-hybridized carbons (Fsp3) is 0.696. The third-order valence-electron chi connectivity index (χ3n) is 6.10. The SMILES string of the molecule is CC(C)CC(N)Cc1ccc2c(c1)CCN2C(=O)CCC1CCCCC1. The molecule has 3 rings (SSSR count). The van der Waals surface area contributed by atoms with E-state index in [1.165, 1.54) is 43.2 Å². The summed E-state index contributed by atoms with van der Waals surface area (Å²) in [5.41, 5.74) is 10.0. The molecule has 2 N–H and O–H groups in total. The maximum atomic E-state index is 12.7. The van der Waals surface area contributed by atoms with Crippen LogP contribution < -0.4 is 10.6 Å². The van der Waals surface area contributed by atoms with Gasteiger partial charge in [0.05, 0.1) is 0 Å². The van der Waals surface area contributed by atoms with E-state index in [1.807, 2.05) is 4.90 Å². The molecule has 0 saturated heterocycles. The summed E-state index contributed by atoms with van der Waals surface area (Å²) in [5.74, 6) is 1.73. The van der Waals surface area contributed by atoms with E-state index in [0.29, 0.717) is 18.2 Å². The molecule has 1 aromatic carbocycles. The maximum absolute atomic E-state index is 12.7. The van der Waals surface area contributed by atoms with Gasteiger partial charge in [-0.15, -0.1) is 0 Å². The summed E-state index contributed by atoms with van der Waals surface area (Å²) >= 11 is 0. The number of hydrogen-bond acceptors (Lipinski definition) is 2. The average molecular weight is 357 g/mol. The molecule has 1 atom stereocenters. The number of rotatable bonds is 7. The number of benzene rings is 1. The summed E-state index contributed by atoms with van der Waals surface area (Å²) in [4.78, 5) is 14.8. The lowest BCUT2D eigenvalue weighted by molar-refractivity contribution is -0.118. The van der Waals surface area contributed by atoms with Gasteiger partial charge in [-0.2, -0.15) is 0 Å².